The molecular formula is C27H30O10. The highest BCUT2D eigenvalue weighted by molar-refractivity contribution is 6.03. The Hall–Kier alpha value is -2.98. The standard InChI is InChI=1S/C27H30O10/c1-12-22(7)18(30)26-13(2)24(10-9-17(29)35-21(24,5)6)11-16(34-15(4)28)23(26,8)25(12)19(31)33-14(3)27(25,37-26)20(32)36-22/h9-10,14,16,18,30H,1-2,11H2,3-8H3/t14-,16-,18-,22+,23-,24+,25-,26+,27+/m1/s1. The lowest BCUT2D eigenvalue weighted by atomic mass is 9.35. The molecule has 37 heavy (non-hydrogen) atoms. The van der Waals surface area contributed by atoms with Crippen LogP contribution in [0.1, 0.15) is 48.0 Å². The van der Waals surface area contributed by atoms with Crippen LogP contribution in [-0.2, 0) is 42.9 Å². The van der Waals surface area contributed by atoms with E-state index in [0.717, 1.165) is 0 Å². The van der Waals surface area contributed by atoms with E-state index in [0.29, 0.717) is 0 Å². The SMILES string of the molecule is C=C1[C@]23C(=O)O[C@H](C)[C@@]24O[C@@]2(C(=C)[C@]5(C=CC(=O)OC5(C)C)C[C@@H](OC(C)=O)[C@]32C)[C@H](O)[C@@]1(C)OC4=O. The molecule has 6 aliphatic rings. The highest BCUT2D eigenvalue weighted by Crippen LogP contribution is 2.84. The second-order valence-corrected chi connectivity index (χ2v) is 12.0. The van der Waals surface area contributed by atoms with Gasteiger partial charge in [0.25, 0.3) is 0 Å². The zero-order valence-electron chi connectivity index (χ0n) is 21.6. The summed E-state index contributed by atoms with van der Waals surface area (Å²) in [6, 6.07) is 0. The summed E-state index contributed by atoms with van der Waals surface area (Å²) >= 11 is 0. The van der Waals surface area contributed by atoms with E-state index in [1.807, 2.05) is 0 Å². The van der Waals surface area contributed by atoms with E-state index in [1.165, 1.54) is 26.8 Å². The van der Waals surface area contributed by atoms with Gasteiger partial charge in [0.2, 0.25) is 5.60 Å². The van der Waals surface area contributed by atoms with Crippen LogP contribution in [0.4, 0.5) is 0 Å². The first-order valence-corrected chi connectivity index (χ1v) is 12.3. The average Bonchev–Trinajstić information content (AvgIpc) is 3.11. The van der Waals surface area contributed by atoms with Crippen molar-refractivity contribution in [3.63, 3.8) is 0 Å². The van der Waals surface area contributed by atoms with Crippen LogP contribution >= 0.6 is 0 Å². The second kappa shape index (κ2) is 6.18. The van der Waals surface area contributed by atoms with Gasteiger partial charge in [0.1, 0.15) is 34.9 Å². The lowest BCUT2D eigenvalue weighted by Crippen LogP contribution is -2.82. The average molecular weight is 515 g/mol. The molecule has 6 rings (SSSR count). The molecule has 2 spiro atoms. The molecule has 0 amide bonds. The van der Waals surface area contributed by atoms with Crippen LogP contribution in [0.5, 0.6) is 0 Å². The maximum atomic E-state index is 14.0. The largest absolute Gasteiger partial charge is 0.462 e. The first-order valence-electron chi connectivity index (χ1n) is 12.3. The van der Waals surface area contributed by atoms with Gasteiger partial charge in [0, 0.05) is 19.4 Å². The number of rotatable bonds is 1. The molecule has 3 bridgehead atoms. The summed E-state index contributed by atoms with van der Waals surface area (Å²) in [6.45, 7) is 17.9. The molecule has 5 fully saturated rings. The highest BCUT2D eigenvalue weighted by atomic mass is 16.7. The van der Waals surface area contributed by atoms with Crippen molar-refractivity contribution in [2.75, 3.05) is 0 Å². The normalized spacial score (nSPS) is 52.4. The Kier molecular flexibility index (Phi) is 4.07. The van der Waals surface area contributed by atoms with Gasteiger partial charge in [0.05, 0.1) is 10.8 Å². The predicted octanol–water partition coefficient (Wildman–Crippen LogP) is 1.45. The predicted molar refractivity (Wildman–Crippen MR) is 123 cm³/mol. The summed E-state index contributed by atoms with van der Waals surface area (Å²) in [5.41, 5.74) is -11.2. The molecule has 10 heteroatoms. The van der Waals surface area contributed by atoms with Crippen LogP contribution in [0.15, 0.2) is 36.5 Å². The van der Waals surface area contributed by atoms with Gasteiger partial charge in [-0.05, 0) is 38.8 Å². The summed E-state index contributed by atoms with van der Waals surface area (Å²) < 4.78 is 30.0. The van der Waals surface area contributed by atoms with Gasteiger partial charge < -0.3 is 28.8 Å². The minimum Gasteiger partial charge on any atom is -0.462 e. The highest BCUT2D eigenvalue weighted by Gasteiger charge is 3.00. The van der Waals surface area contributed by atoms with E-state index in [2.05, 4.69) is 13.2 Å². The maximum Gasteiger partial charge on any atom is 0.344 e. The van der Waals surface area contributed by atoms with E-state index in [4.69, 9.17) is 23.7 Å². The van der Waals surface area contributed by atoms with Crippen LogP contribution in [0.25, 0.3) is 0 Å². The van der Waals surface area contributed by atoms with Crippen LogP contribution < -0.4 is 0 Å². The first-order chi connectivity index (χ1) is 17.0. The molecule has 0 radical (unpaired) electrons. The first kappa shape index (κ1) is 24.4. The van der Waals surface area contributed by atoms with E-state index in [-0.39, 0.29) is 17.6 Å². The van der Waals surface area contributed by atoms with Crippen LogP contribution in [0.3, 0.4) is 0 Å². The number of hydrogen-bond acceptors (Lipinski definition) is 10. The summed E-state index contributed by atoms with van der Waals surface area (Å²) in [7, 11) is 0. The van der Waals surface area contributed by atoms with Crippen LogP contribution in [0, 0.1) is 16.2 Å². The fourth-order valence-electron chi connectivity index (χ4n) is 8.75. The van der Waals surface area contributed by atoms with E-state index >= 15 is 0 Å². The number of esters is 4. The monoisotopic (exact) mass is 514 g/mol. The quantitative estimate of drug-likeness (QED) is 0.311. The fraction of sp³-hybridized carbons (Fsp3) is 0.630. The molecule has 10 nitrogen and oxygen atoms in total. The van der Waals surface area contributed by atoms with Crippen molar-refractivity contribution in [1.29, 1.82) is 0 Å². The molecule has 0 aromatic carbocycles. The molecular weight excluding hydrogens is 484 g/mol. The number of cyclic esters (lactones) is 2. The molecule has 2 aliphatic carbocycles. The topological polar surface area (TPSA) is 135 Å². The molecule has 198 valence electrons. The molecule has 4 heterocycles. The van der Waals surface area contributed by atoms with Gasteiger partial charge in [-0.15, -0.1) is 0 Å². The van der Waals surface area contributed by atoms with E-state index in [9.17, 15) is 24.3 Å². The van der Waals surface area contributed by atoms with Gasteiger partial charge in [-0.25, -0.2) is 9.59 Å². The Morgan fingerprint density at radius 2 is 1.70 bits per heavy atom. The number of hydrogen-bond donors (Lipinski definition) is 1. The van der Waals surface area contributed by atoms with Crippen molar-refractivity contribution in [3.05, 3.63) is 36.5 Å². The third kappa shape index (κ3) is 1.94. The molecule has 9 atom stereocenters. The molecule has 0 aromatic heterocycles. The van der Waals surface area contributed by atoms with Gasteiger partial charge in [-0.1, -0.05) is 26.2 Å². The van der Waals surface area contributed by atoms with Crippen LogP contribution in [-0.4, -0.2) is 69.7 Å². The van der Waals surface area contributed by atoms with Gasteiger partial charge >= 0.3 is 23.9 Å². The van der Waals surface area contributed by atoms with Crippen molar-refractivity contribution in [2.45, 2.75) is 88.7 Å². The second-order valence-electron chi connectivity index (χ2n) is 12.0. The minimum absolute atomic E-state index is 0.0229. The maximum absolute atomic E-state index is 14.0. The summed E-state index contributed by atoms with van der Waals surface area (Å²) in [5.74, 6) is -2.86. The summed E-state index contributed by atoms with van der Waals surface area (Å²) in [5, 5.41) is 12.2. The summed E-state index contributed by atoms with van der Waals surface area (Å²) in [6.07, 6.45) is -0.951. The number of fused-ring (bicyclic) bond motifs is 1. The Balaban J connectivity index is 1.77. The number of carbonyl (C=O) groups is 4. The minimum atomic E-state index is -2.03. The third-order valence-corrected chi connectivity index (χ3v) is 10.5. The molecule has 4 aliphatic heterocycles. The number of aliphatic hydroxyl groups is 1. The Labute approximate surface area is 213 Å². The fourth-order valence-corrected chi connectivity index (χ4v) is 8.75. The zero-order chi connectivity index (χ0) is 27.4. The number of carbonyl (C=O) groups excluding carboxylic acids is 4. The molecule has 0 aromatic rings. The lowest BCUT2D eigenvalue weighted by Gasteiger charge is -2.69. The third-order valence-electron chi connectivity index (χ3n) is 10.5. The molecule has 1 N–H and O–H groups in total. The van der Waals surface area contributed by atoms with Gasteiger partial charge in [-0.3, -0.25) is 9.59 Å². The lowest BCUT2D eigenvalue weighted by molar-refractivity contribution is -0.260. The van der Waals surface area contributed by atoms with Crippen molar-refractivity contribution in [1.82, 2.24) is 0 Å². The molecule has 0 unspecified atom stereocenters. The smallest absolute Gasteiger partial charge is 0.344 e. The summed E-state index contributed by atoms with van der Waals surface area (Å²) in [4.78, 5) is 52.7. The van der Waals surface area contributed by atoms with Crippen molar-refractivity contribution in [3.8, 4) is 0 Å². The van der Waals surface area contributed by atoms with Crippen molar-refractivity contribution in [2.24, 2.45) is 16.2 Å². The van der Waals surface area contributed by atoms with Gasteiger partial charge in [-0.2, -0.15) is 0 Å². The van der Waals surface area contributed by atoms with E-state index < -0.39 is 80.8 Å². The number of aliphatic hydroxyl groups excluding tert-OH is 1. The van der Waals surface area contributed by atoms with E-state index in [1.54, 1.807) is 26.8 Å². The van der Waals surface area contributed by atoms with Crippen molar-refractivity contribution < 1.29 is 48.0 Å². The zero-order valence-corrected chi connectivity index (χ0v) is 21.6. The van der Waals surface area contributed by atoms with Crippen molar-refractivity contribution >= 4 is 23.9 Å². The molecule has 2 saturated carbocycles. The van der Waals surface area contributed by atoms with Gasteiger partial charge in [0.15, 0.2) is 5.60 Å². The Morgan fingerprint density at radius 3 is 2.30 bits per heavy atom. The number of ether oxygens (including phenoxy) is 5. The Bertz CT molecular complexity index is 1300. The Morgan fingerprint density at radius 1 is 1.05 bits per heavy atom. The molecule has 3 saturated heterocycles. The van der Waals surface area contributed by atoms with Crippen LogP contribution in [0.2, 0.25) is 0 Å².